The van der Waals surface area contributed by atoms with E-state index in [0.29, 0.717) is 12.3 Å². The quantitative estimate of drug-likeness (QED) is 0.475. The smallest absolute Gasteiger partial charge is 0.384 e. The Morgan fingerprint density at radius 3 is 2.22 bits per heavy atom. The lowest BCUT2D eigenvalue weighted by Crippen LogP contribution is -2.18. The highest BCUT2D eigenvalue weighted by atomic mass is 35.5. The molecule has 0 aliphatic heterocycles. The molecule has 0 radical (unpaired) electrons. The maximum Gasteiger partial charge on any atom is 0.384 e. The fraction of sp³-hybridized carbons (Fsp3) is 0.250. The first-order chi connectivity index (χ1) is 3.98. The predicted molar refractivity (Wildman–Crippen MR) is 29.1 cm³/mol. The minimum absolute atomic E-state index is 0.507. The summed E-state index contributed by atoms with van der Waals surface area (Å²) < 4.78 is 23.2. The van der Waals surface area contributed by atoms with E-state index in [4.69, 9.17) is 0 Å². The van der Waals surface area contributed by atoms with Gasteiger partial charge in [0.05, 0.1) is 0 Å². The van der Waals surface area contributed by atoms with Crippen LogP contribution in [0.2, 0.25) is 0 Å². The Labute approximate surface area is 55.3 Å². The number of hydrogen-bond donors (Lipinski definition) is 1. The second-order valence-electron chi connectivity index (χ2n) is 1.22. The molecule has 0 amide bonds. The summed E-state index contributed by atoms with van der Waals surface area (Å²) in [5.74, 6) is -1.51. The molecule has 0 atom stereocenters. The largest absolute Gasteiger partial charge is 0.404 e. The van der Waals surface area contributed by atoms with Gasteiger partial charge in [0, 0.05) is 6.08 Å². The van der Waals surface area contributed by atoms with Crippen LogP contribution in [0.1, 0.15) is 0 Å². The molecule has 0 heterocycles. The van der Waals surface area contributed by atoms with Crippen LogP contribution >= 0.6 is 11.6 Å². The molecular formula is C4H4ClF2NO. The van der Waals surface area contributed by atoms with Crippen molar-refractivity contribution in [3.63, 3.8) is 0 Å². The lowest BCUT2D eigenvalue weighted by molar-refractivity contribution is -0.128. The van der Waals surface area contributed by atoms with Gasteiger partial charge in [0.15, 0.2) is 0 Å². The summed E-state index contributed by atoms with van der Waals surface area (Å²) in [5, 5.41) is -3.82. The van der Waals surface area contributed by atoms with Gasteiger partial charge in [-0.1, -0.05) is 0 Å². The Hall–Kier alpha value is -0.640. The third-order valence-electron chi connectivity index (χ3n) is 0.527. The monoisotopic (exact) mass is 155 g/mol. The maximum absolute atomic E-state index is 11.6. The van der Waals surface area contributed by atoms with Crippen LogP contribution in [0.5, 0.6) is 0 Å². The zero-order chi connectivity index (χ0) is 7.49. The summed E-state index contributed by atoms with van der Waals surface area (Å²) in [6.45, 7) is 0. The fourth-order valence-electron chi connectivity index (χ4n) is 0.182. The molecule has 0 saturated carbocycles. The van der Waals surface area contributed by atoms with E-state index in [1.807, 2.05) is 0 Å². The average molecular weight is 156 g/mol. The third kappa shape index (κ3) is 3.03. The Balaban J connectivity index is 4.06. The lowest BCUT2D eigenvalue weighted by Gasteiger charge is -1.99. The highest BCUT2D eigenvalue weighted by Crippen LogP contribution is 2.19. The van der Waals surface area contributed by atoms with E-state index in [1.54, 1.807) is 0 Å². The molecule has 2 nitrogen and oxygen atoms in total. The van der Waals surface area contributed by atoms with E-state index in [9.17, 15) is 13.6 Å². The molecule has 0 unspecified atom stereocenters. The molecule has 0 aliphatic carbocycles. The standard InChI is InChI=1S/C4H4ClF2NO/c5-4(6,7)3(9)1-2-8/h1-2H,8H2. The highest BCUT2D eigenvalue weighted by Gasteiger charge is 2.32. The Bertz CT molecular complexity index is 140. The van der Waals surface area contributed by atoms with Gasteiger partial charge in [-0.3, -0.25) is 4.79 Å². The van der Waals surface area contributed by atoms with Gasteiger partial charge < -0.3 is 5.73 Å². The van der Waals surface area contributed by atoms with Crippen LogP contribution in [0.4, 0.5) is 8.78 Å². The minimum Gasteiger partial charge on any atom is -0.404 e. The molecule has 0 aromatic carbocycles. The van der Waals surface area contributed by atoms with Crippen molar-refractivity contribution in [2.24, 2.45) is 5.73 Å². The van der Waals surface area contributed by atoms with Crippen LogP contribution < -0.4 is 5.73 Å². The highest BCUT2D eigenvalue weighted by molar-refractivity contribution is 6.34. The Morgan fingerprint density at radius 1 is 1.67 bits per heavy atom. The van der Waals surface area contributed by atoms with Crippen molar-refractivity contribution in [1.82, 2.24) is 0 Å². The van der Waals surface area contributed by atoms with Crippen LogP contribution in [0, 0.1) is 0 Å². The number of allylic oxidation sites excluding steroid dienone is 1. The van der Waals surface area contributed by atoms with E-state index < -0.39 is 11.2 Å². The van der Waals surface area contributed by atoms with Crippen molar-refractivity contribution in [3.8, 4) is 0 Å². The second-order valence-corrected chi connectivity index (χ2v) is 1.70. The second kappa shape index (κ2) is 2.77. The van der Waals surface area contributed by atoms with Crippen LogP contribution in [-0.2, 0) is 4.79 Å². The summed E-state index contributed by atoms with van der Waals surface area (Å²) >= 11 is 4.27. The number of carbonyl (C=O) groups is 1. The molecular weight excluding hydrogens is 151 g/mol. The number of ketones is 1. The van der Waals surface area contributed by atoms with Gasteiger partial charge in [-0.25, -0.2) is 0 Å². The molecule has 0 saturated heterocycles. The van der Waals surface area contributed by atoms with E-state index in [2.05, 4.69) is 17.3 Å². The van der Waals surface area contributed by atoms with Crippen molar-refractivity contribution >= 4 is 17.4 Å². The molecule has 5 heteroatoms. The van der Waals surface area contributed by atoms with Gasteiger partial charge in [-0.2, -0.15) is 8.78 Å². The zero-order valence-corrected chi connectivity index (χ0v) is 5.03. The average Bonchev–Trinajstić information content (AvgIpc) is 1.64. The van der Waals surface area contributed by atoms with Crippen molar-refractivity contribution < 1.29 is 13.6 Å². The molecule has 9 heavy (non-hydrogen) atoms. The lowest BCUT2D eigenvalue weighted by atomic mass is 10.4. The summed E-state index contributed by atoms with van der Waals surface area (Å²) in [4.78, 5) is 10.0. The molecule has 0 bridgehead atoms. The normalized spacial score (nSPS) is 12.3. The molecule has 0 rings (SSSR count). The zero-order valence-electron chi connectivity index (χ0n) is 4.27. The van der Waals surface area contributed by atoms with Gasteiger partial charge in [-0.05, 0) is 17.8 Å². The molecule has 0 aromatic heterocycles. The van der Waals surface area contributed by atoms with Crippen molar-refractivity contribution in [2.45, 2.75) is 5.38 Å². The molecule has 0 aromatic rings. The van der Waals surface area contributed by atoms with Crippen LogP contribution in [0.3, 0.4) is 0 Å². The Kier molecular flexibility index (Phi) is 2.58. The number of nitrogens with two attached hydrogens (primary N) is 1. The first kappa shape index (κ1) is 8.36. The summed E-state index contributed by atoms with van der Waals surface area (Å²) in [6.07, 6.45) is 1.21. The molecule has 52 valence electrons. The topological polar surface area (TPSA) is 43.1 Å². The summed E-state index contributed by atoms with van der Waals surface area (Å²) in [5.41, 5.74) is 4.63. The third-order valence-corrected chi connectivity index (χ3v) is 0.713. The fourth-order valence-corrected chi connectivity index (χ4v) is 0.245. The van der Waals surface area contributed by atoms with Crippen molar-refractivity contribution in [3.05, 3.63) is 12.3 Å². The summed E-state index contributed by atoms with van der Waals surface area (Å²) in [6, 6.07) is 0. The van der Waals surface area contributed by atoms with Gasteiger partial charge in [0.1, 0.15) is 0 Å². The first-order valence-corrected chi connectivity index (χ1v) is 2.35. The maximum atomic E-state index is 11.6. The number of carbonyl (C=O) groups excluding carboxylic acids is 1. The van der Waals surface area contributed by atoms with Gasteiger partial charge in [-0.15, -0.1) is 0 Å². The van der Waals surface area contributed by atoms with Gasteiger partial charge >= 0.3 is 5.38 Å². The number of hydrogen-bond acceptors (Lipinski definition) is 2. The molecule has 0 aliphatic rings. The van der Waals surface area contributed by atoms with E-state index in [-0.39, 0.29) is 0 Å². The SMILES string of the molecule is NC=CC(=O)C(F)(F)Cl. The predicted octanol–water partition coefficient (Wildman–Crippen LogP) is 0.860. The first-order valence-electron chi connectivity index (χ1n) is 1.98. The molecule has 0 spiro atoms. The Morgan fingerprint density at radius 2 is 2.11 bits per heavy atom. The van der Waals surface area contributed by atoms with Crippen LogP contribution in [-0.4, -0.2) is 11.2 Å². The van der Waals surface area contributed by atoms with E-state index >= 15 is 0 Å². The number of alkyl halides is 3. The molecule has 0 fully saturated rings. The van der Waals surface area contributed by atoms with E-state index in [0.717, 1.165) is 0 Å². The van der Waals surface area contributed by atoms with Crippen molar-refractivity contribution in [1.29, 1.82) is 0 Å². The van der Waals surface area contributed by atoms with E-state index in [1.165, 1.54) is 0 Å². The summed E-state index contributed by atoms with van der Waals surface area (Å²) in [7, 11) is 0. The van der Waals surface area contributed by atoms with Gasteiger partial charge in [0.25, 0.3) is 0 Å². The molecule has 2 N–H and O–H groups in total. The van der Waals surface area contributed by atoms with Gasteiger partial charge in [0.2, 0.25) is 5.78 Å². The number of rotatable bonds is 2. The minimum atomic E-state index is -3.82. The van der Waals surface area contributed by atoms with Crippen molar-refractivity contribution in [2.75, 3.05) is 0 Å². The number of halogens is 3. The van der Waals surface area contributed by atoms with Crippen LogP contribution in [0.15, 0.2) is 12.3 Å². The van der Waals surface area contributed by atoms with Crippen LogP contribution in [0.25, 0.3) is 0 Å².